The minimum Gasteiger partial charge on any atom is -0.481 e. The highest BCUT2D eigenvalue weighted by Crippen LogP contribution is 1.92. The van der Waals surface area contributed by atoms with Crippen LogP contribution in [0.25, 0.3) is 0 Å². The Hall–Kier alpha value is -0.610. The molecule has 1 unspecified atom stereocenters. The molecule has 0 fully saturated rings. The second kappa shape index (κ2) is 4.29. The maximum Gasteiger partial charge on any atom is 0.306 e. The molecule has 0 rings (SSSR count). The fourth-order valence-corrected chi connectivity index (χ4v) is 0.458. The SMILES string of the molecule is COC(CN)CC(=O)O. The number of hydrogen-bond acceptors (Lipinski definition) is 3. The van der Waals surface area contributed by atoms with E-state index in [0.29, 0.717) is 0 Å². The van der Waals surface area contributed by atoms with E-state index in [0.717, 1.165) is 0 Å². The van der Waals surface area contributed by atoms with Gasteiger partial charge in [-0.25, -0.2) is 0 Å². The van der Waals surface area contributed by atoms with E-state index in [1.54, 1.807) is 0 Å². The van der Waals surface area contributed by atoms with Gasteiger partial charge in [-0.2, -0.15) is 0 Å². The van der Waals surface area contributed by atoms with E-state index in [1.807, 2.05) is 0 Å². The molecule has 54 valence electrons. The topological polar surface area (TPSA) is 72.5 Å². The number of carboxylic acid groups (broad SMARTS) is 1. The summed E-state index contributed by atoms with van der Waals surface area (Å²) in [6.45, 7) is 0.253. The normalized spacial score (nSPS) is 13.1. The summed E-state index contributed by atoms with van der Waals surface area (Å²) >= 11 is 0. The van der Waals surface area contributed by atoms with Gasteiger partial charge in [0.05, 0.1) is 12.5 Å². The van der Waals surface area contributed by atoms with Gasteiger partial charge in [0.1, 0.15) is 0 Å². The summed E-state index contributed by atoms with van der Waals surface area (Å²) in [5.74, 6) is -0.882. The Morgan fingerprint density at radius 2 is 2.44 bits per heavy atom. The second-order valence-corrected chi connectivity index (χ2v) is 1.69. The number of carboxylic acids is 1. The highest BCUT2D eigenvalue weighted by Gasteiger charge is 2.08. The number of rotatable bonds is 4. The predicted molar refractivity (Wildman–Crippen MR) is 32.1 cm³/mol. The first-order valence-electron chi connectivity index (χ1n) is 2.65. The summed E-state index contributed by atoms with van der Waals surface area (Å²) in [5.41, 5.74) is 5.14. The van der Waals surface area contributed by atoms with Gasteiger partial charge in [-0.15, -0.1) is 0 Å². The molecule has 0 saturated carbocycles. The Labute approximate surface area is 53.6 Å². The highest BCUT2D eigenvalue weighted by molar-refractivity contribution is 5.67. The van der Waals surface area contributed by atoms with Gasteiger partial charge in [0.15, 0.2) is 0 Å². The van der Waals surface area contributed by atoms with Crippen molar-refractivity contribution < 1.29 is 14.6 Å². The zero-order valence-electron chi connectivity index (χ0n) is 5.33. The smallest absolute Gasteiger partial charge is 0.306 e. The van der Waals surface area contributed by atoms with Crippen LogP contribution in [0.4, 0.5) is 0 Å². The number of ether oxygens (including phenoxy) is 1. The minimum absolute atomic E-state index is 0.0208. The van der Waals surface area contributed by atoms with E-state index >= 15 is 0 Å². The molecule has 0 heterocycles. The molecule has 1 atom stereocenters. The molecule has 0 saturated heterocycles. The molecule has 0 amide bonds. The highest BCUT2D eigenvalue weighted by atomic mass is 16.5. The molecular formula is C5H11NO3. The number of nitrogens with two attached hydrogens (primary N) is 1. The van der Waals surface area contributed by atoms with Gasteiger partial charge in [0.25, 0.3) is 0 Å². The molecule has 0 aliphatic rings. The average Bonchev–Trinajstić information content (AvgIpc) is 1.82. The summed E-state index contributed by atoms with van der Waals surface area (Å²) < 4.78 is 4.70. The Morgan fingerprint density at radius 3 is 2.56 bits per heavy atom. The van der Waals surface area contributed by atoms with Crippen molar-refractivity contribution in [2.75, 3.05) is 13.7 Å². The molecule has 4 heteroatoms. The molecule has 0 spiro atoms. The summed E-state index contributed by atoms with van der Waals surface area (Å²) in [5, 5.41) is 8.21. The van der Waals surface area contributed by atoms with Crippen molar-refractivity contribution in [3.05, 3.63) is 0 Å². The second-order valence-electron chi connectivity index (χ2n) is 1.69. The Kier molecular flexibility index (Phi) is 4.00. The Bertz CT molecular complexity index is 90.2. The van der Waals surface area contributed by atoms with Crippen molar-refractivity contribution in [2.24, 2.45) is 5.73 Å². The number of methoxy groups -OCH3 is 1. The van der Waals surface area contributed by atoms with E-state index in [1.165, 1.54) is 7.11 Å². The predicted octanol–water partition coefficient (Wildman–Crippen LogP) is -0.565. The van der Waals surface area contributed by atoms with Gasteiger partial charge in [0.2, 0.25) is 0 Å². The lowest BCUT2D eigenvalue weighted by Gasteiger charge is -2.07. The van der Waals surface area contributed by atoms with Crippen LogP contribution < -0.4 is 5.73 Å². The van der Waals surface area contributed by atoms with Crippen molar-refractivity contribution in [2.45, 2.75) is 12.5 Å². The molecule has 0 aliphatic heterocycles. The van der Waals surface area contributed by atoms with Crippen LogP contribution >= 0.6 is 0 Å². The zero-order valence-corrected chi connectivity index (χ0v) is 5.33. The molecule has 0 aromatic rings. The first kappa shape index (κ1) is 8.39. The number of hydrogen-bond donors (Lipinski definition) is 2. The van der Waals surface area contributed by atoms with Gasteiger partial charge >= 0.3 is 5.97 Å². The zero-order chi connectivity index (χ0) is 7.28. The van der Waals surface area contributed by atoms with E-state index in [2.05, 4.69) is 0 Å². The van der Waals surface area contributed by atoms with Crippen LogP contribution in [0.5, 0.6) is 0 Å². The van der Waals surface area contributed by atoms with Crippen LogP contribution in [0, 0.1) is 0 Å². The van der Waals surface area contributed by atoms with E-state index in [-0.39, 0.29) is 19.1 Å². The van der Waals surface area contributed by atoms with Crippen LogP contribution in [0.15, 0.2) is 0 Å². The molecular weight excluding hydrogens is 122 g/mol. The first-order chi connectivity index (χ1) is 4.20. The van der Waals surface area contributed by atoms with Crippen molar-refractivity contribution in [3.63, 3.8) is 0 Å². The number of carbonyl (C=O) groups is 1. The van der Waals surface area contributed by atoms with E-state index in [4.69, 9.17) is 15.6 Å². The van der Waals surface area contributed by atoms with E-state index in [9.17, 15) is 4.79 Å². The lowest BCUT2D eigenvalue weighted by Crippen LogP contribution is -2.25. The van der Waals surface area contributed by atoms with Crippen molar-refractivity contribution in [1.29, 1.82) is 0 Å². The third kappa shape index (κ3) is 3.93. The van der Waals surface area contributed by atoms with Crippen LogP contribution in [0.1, 0.15) is 6.42 Å². The maximum atomic E-state index is 9.99. The van der Waals surface area contributed by atoms with Crippen LogP contribution in [-0.4, -0.2) is 30.8 Å². The molecule has 3 N–H and O–H groups in total. The molecule has 0 aromatic carbocycles. The summed E-state index contributed by atoms with van der Waals surface area (Å²) in [6.07, 6.45) is -0.366. The molecule has 0 bridgehead atoms. The van der Waals surface area contributed by atoms with Crippen LogP contribution in [-0.2, 0) is 9.53 Å². The lowest BCUT2D eigenvalue weighted by atomic mass is 10.2. The molecule has 4 nitrogen and oxygen atoms in total. The standard InChI is InChI=1S/C5H11NO3/c1-9-4(3-6)2-5(7)8/h4H,2-3,6H2,1H3,(H,7,8). The first-order valence-corrected chi connectivity index (χ1v) is 2.65. The quantitative estimate of drug-likeness (QED) is 0.539. The van der Waals surface area contributed by atoms with Gasteiger partial charge in [-0.1, -0.05) is 0 Å². The maximum absolute atomic E-state index is 9.99. The third-order valence-electron chi connectivity index (χ3n) is 0.999. The number of aliphatic carboxylic acids is 1. The van der Waals surface area contributed by atoms with Gasteiger partial charge in [-0.3, -0.25) is 4.79 Å². The average molecular weight is 133 g/mol. The molecule has 0 aromatic heterocycles. The third-order valence-corrected chi connectivity index (χ3v) is 0.999. The van der Waals surface area contributed by atoms with E-state index < -0.39 is 5.97 Å². The van der Waals surface area contributed by atoms with Crippen LogP contribution in [0.2, 0.25) is 0 Å². The van der Waals surface area contributed by atoms with Crippen LogP contribution in [0.3, 0.4) is 0 Å². The monoisotopic (exact) mass is 133 g/mol. The van der Waals surface area contributed by atoms with Crippen molar-refractivity contribution in [1.82, 2.24) is 0 Å². The van der Waals surface area contributed by atoms with Gasteiger partial charge < -0.3 is 15.6 Å². The van der Waals surface area contributed by atoms with Crippen molar-refractivity contribution >= 4 is 5.97 Å². The largest absolute Gasteiger partial charge is 0.481 e. The minimum atomic E-state index is -0.882. The lowest BCUT2D eigenvalue weighted by molar-refractivity contribution is -0.139. The summed E-state index contributed by atoms with van der Waals surface area (Å²) in [6, 6.07) is 0. The summed E-state index contributed by atoms with van der Waals surface area (Å²) in [4.78, 5) is 9.99. The fourth-order valence-electron chi connectivity index (χ4n) is 0.458. The fraction of sp³-hybridized carbons (Fsp3) is 0.800. The molecule has 0 aliphatic carbocycles. The van der Waals surface area contributed by atoms with Gasteiger partial charge in [-0.05, 0) is 0 Å². The Morgan fingerprint density at radius 1 is 1.89 bits per heavy atom. The molecule has 9 heavy (non-hydrogen) atoms. The summed E-state index contributed by atoms with van der Waals surface area (Å²) in [7, 11) is 1.44. The Balaban J connectivity index is 3.43. The molecule has 0 radical (unpaired) electrons. The van der Waals surface area contributed by atoms with Crippen molar-refractivity contribution in [3.8, 4) is 0 Å². The van der Waals surface area contributed by atoms with Gasteiger partial charge in [0, 0.05) is 13.7 Å².